The topological polar surface area (TPSA) is 82.4 Å². The van der Waals surface area contributed by atoms with Gasteiger partial charge in [-0.25, -0.2) is 0 Å². The van der Waals surface area contributed by atoms with E-state index in [0.29, 0.717) is 24.6 Å². The Kier molecular flexibility index (Phi) is 8.23. The maximum atomic E-state index is 9.79. The predicted octanol–water partition coefficient (Wildman–Crippen LogP) is 3.28. The molecular formula is C21H29NO5. The fourth-order valence-electron chi connectivity index (χ4n) is 3.00. The summed E-state index contributed by atoms with van der Waals surface area (Å²) < 4.78 is 10.4. The molecule has 0 atom stereocenters. The minimum atomic E-state index is 0.124. The first-order chi connectivity index (χ1) is 13.1. The molecule has 148 valence electrons. The predicted molar refractivity (Wildman–Crippen MR) is 104 cm³/mol. The van der Waals surface area contributed by atoms with Gasteiger partial charge in [0.05, 0.1) is 14.2 Å². The van der Waals surface area contributed by atoms with E-state index < -0.39 is 0 Å². The average Bonchev–Trinajstić information content (AvgIpc) is 2.68. The van der Waals surface area contributed by atoms with Gasteiger partial charge >= 0.3 is 0 Å². The third kappa shape index (κ3) is 6.34. The van der Waals surface area contributed by atoms with Gasteiger partial charge in [0.15, 0.2) is 23.0 Å². The summed E-state index contributed by atoms with van der Waals surface area (Å²) in [6.07, 6.45) is 2.74. The van der Waals surface area contributed by atoms with E-state index in [1.165, 1.54) is 14.2 Å². The second-order valence-electron chi connectivity index (χ2n) is 6.51. The fourth-order valence-corrected chi connectivity index (χ4v) is 3.00. The van der Waals surface area contributed by atoms with Crippen LogP contribution >= 0.6 is 0 Å². The first kappa shape index (κ1) is 20.9. The average molecular weight is 375 g/mol. The molecule has 0 bridgehead atoms. The zero-order valence-corrected chi connectivity index (χ0v) is 16.0. The van der Waals surface area contributed by atoms with Crippen LogP contribution in [0.5, 0.6) is 23.0 Å². The maximum absolute atomic E-state index is 9.79. The highest BCUT2D eigenvalue weighted by molar-refractivity contribution is 5.42. The molecule has 0 amide bonds. The number of unbranched alkanes of at least 4 members (excludes halogenated alkanes) is 2. The van der Waals surface area contributed by atoms with Crippen molar-refractivity contribution < 1.29 is 24.8 Å². The van der Waals surface area contributed by atoms with Crippen molar-refractivity contribution in [2.24, 2.45) is 0 Å². The molecule has 0 radical (unpaired) electrons. The quantitative estimate of drug-likeness (QED) is 0.523. The van der Waals surface area contributed by atoms with E-state index in [-0.39, 0.29) is 18.1 Å². The normalized spacial score (nSPS) is 11.0. The number of hydrogen-bond donors (Lipinski definition) is 3. The van der Waals surface area contributed by atoms with Gasteiger partial charge in [0.25, 0.3) is 0 Å². The zero-order chi connectivity index (χ0) is 19.6. The third-order valence-corrected chi connectivity index (χ3v) is 4.43. The molecule has 27 heavy (non-hydrogen) atoms. The standard InChI is InChI=1S/C21H29NO5/c1-26-20-12-16(6-8-18(20)24)14-22(10-4-3-5-11-23)15-17-7-9-19(25)21(13-17)27-2/h6-9,12-13,23-25H,3-5,10-11,14-15H2,1-2H3. The number of ether oxygens (including phenoxy) is 2. The monoisotopic (exact) mass is 375 g/mol. The number of benzene rings is 2. The molecule has 6 heteroatoms. The number of methoxy groups -OCH3 is 2. The van der Waals surface area contributed by atoms with Crippen molar-refractivity contribution in [3.05, 3.63) is 47.5 Å². The first-order valence-electron chi connectivity index (χ1n) is 9.12. The van der Waals surface area contributed by atoms with Crippen molar-refractivity contribution in [2.75, 3.05) is 27.4 Å². The Balaban J connectivity index is 2.12. The summed E-state index contributed by atoms with van der Waals surface area (Å²) >= 11 is 0. The van der Waals surface area contributed by atoms with Crippen LogP contribution in [0.15, 0.2) is 36.4 Å². The molecule has 0 saturated carbocycles. The molecule has 0 unspecified atom stereocenters. The van der Waals surface area contributed by atoms with Crippen LogP contribution in [-0.4, -0.2) is 47.6 Å². The number of aliphatic hydroxyl groups is 1. The lowest BCUT2D eigenvalue weighted by Gasteiger charge is -2.23. The first-order valence-corrected chi connectivity index (χ1v) is 9.12. The Hall–Kier alpha value is -2.44. The van der Waals surface area contributed by atoms with Gasteiger partial charge in [-0.1, -0.05) is 12.1 Å². The van der Waals surface area contributed by atoms with Crippen LogP contribution in [0.4, 0.5) is 0 Å². The third-order valence-electron chi connectivity index (χ3n) is 4.43. The summed E-state index contributed by atoms with van der Waals surface area (Å²) in [6, 6.07) is 10.7. The molecule has 2 aromatic carbocycles. The molecule has 3 N–H and O–H groups in total. The largest absolute Gasteiger partial charge is 0.504 e. The molecular weight excluding hydrogens is 346 g/mol. The van der Waals surface area contributed by atoms with Crippen LogP contribution in [0.25, 0.3) is 0 Å². The number of hydrogen-bond acceptors (Lipinski definition) is 6. The number of rotatable bonds is 11. The molecule has 6 nitrogen and oxygen atoms in total. The Morgan fingerprint density at radius 3 is 1.74 bits per heavy atom. The number of aliphatic hydroxyl groups excluding tert-OH is 1. The van der Waals surface area contributed by atoms with Gasteiger partial charge in [-0.2, -0.15) is 0 Å². The number of aromatic hydroxyl groups is 2. The Morgan fingerprint density at radius 2 is 1.30 bits per heavy atom. The highest BCUT2D eigenvalue weighted by Gasteiger charge is 2.11. The van der Waals surface area contributed by atoms with Crippen LogP contribution in [0.2, 0.25) is 0 Å². The number of phenols is 2. The van der Waals surface area contributed by atoms with Crippen LogP contribution < -0.4 is 9.47 Å². The summed E-state index contributed by atoms with van der Waals surface area (Å²) in [4.78, 5) is 2.29. The summed E-state index contributed by atoms with van der Waals surface area (Å²) in [5.41, 5.74) is 2.08. The van der Waals surface area contributed by atoms with Crippen molar-refractivity contribution in [2.45, 2.75) is 32.4 Å². The van der Waals surface area contributed by atoms with Crippen LogP contribution in [0.3, 0.4) is 0 Å². The van der Waals surface area contributed by atoms with Crippen LogP contribution in [0.1, 0.15) is 30.4 Å². The Bertz CT molecular complexity index is 664. The summed E-state index contributed by atoms with van der Waals surface area (Å²) in [7, 11) is 3.07. The minimum absolute atomic E-state index is 0.124. The Labute approximate surface area is 160 Å². The smallest absolute Gasteiger partial charge is 0.160 e. The molecule has 0 fully saturated rings. The number of nitrogens with zero attached hydrogens (tertiary/aromatic N) is 1. The van der Waals surface area contributed by atoms with Crippen LogP contribution in [0, 0.1) is 0 Å². The minimum Gasteiger partial charge on any atom is -0.504 e. The lowest BCUT2D eigenvalue weighted by molar-refractivity contribution is 0.239. The van der Waals surface area contributed by atoms with Gasteiger partial charge in [0, 0.05) is 19.7 Å². The fraction of sp³-hybridized carbons (Fsp3) is 0.429. The second kappa shape index (κ2) is 10.6. The van der Waals surface area contributed by atoms with Gasteiger partial charge in [-0.3, -0.25) is 4.90 Å². The summed E-state index contributed by atoms with van der Waals surface area (Å²) in [5.74, 6) is 1.16. The van der Waals surface area contributed by atoms with Crippen LogP contribution in [-0.2, 0) is 13.1 Å². The van der Waals surface area contributed by atoms with E-state index in [1.807, 2.05) is 24.3 Å². The SMILES string of the molecule is COc1cc(CN(CCCCCO)Cc2ccc(O)c(OC)c2)ccc1O. The second-order valence-corrected chi connectivity index (χ2v) is 6.51. The molecule has 0 aromatic heterocycles. The molecule has 2 aromatic rings. The van der Waals surface area contributed by atoms with E-state index in [9.17, 15) is 10.2 Å². The van der Waals surface area contributed by atoms with Crippen molar-refractivity contribution in [1.82, 2.24) is 4.90 Å². The lowest BCUT2D eigenvalue weighted by Crippen LogP contribution is -2.24. The number of phenolic OH excluding ortho intramolecular Hbond substituents is 2. The van der Waals surface area contributed by atoms with Crippen molar-refractivity contribution in [1.29, 1.82) is 0 Å². The molecule has 2 rings (SSSR count). The molecule has 0 aliphatic heterocycles. The molecule has 0 heterocycles. The van der Waals surface area contributed by atoms with Crippen molar-refractivity contribution in [3.63, 3.8) is 0 Å². The molecule has 0 aliphatic carbocycles. The summed E-state index contributed by atoms with van der Waals surface area (Å²) in [5, 5.41) is 28.6. The molecule has 0 spiro atoms. The van der Waals surface area contributed by atoms with E-state index in [2.05, 4.69) is 4.90 Å². The highest BCUT2D eigenvalue weighted by atomic mass is 16.5. The van der Waals surface area contributed by atoms with Gasteiger partial charge in [-0.15, -0.1) is 0 Å². The zero-order valence-electron chi connectivity index (χ0n) is 16.0. The van der Waals surface area contributed by atoms with Gasteiger partial charge in [-0.05, 0) is 61.2 Å². The van der Waals surface area contributed by atoms with Gasteiger partial charge in [0.1, 0.15) is 0 Å². The van der Waals surface area contributed by atoms with E-state index in [0.717, 1.165) is 36.9 Å². The Morgan fingerprint density at radius 1 is 0.778 bits per heavy atom. The molecule has 0 saturated heterocycles. The highest BCUT2D eigenvalue weighted by Crippen LogP contribution is 2.29. The maximum Gasteiger partial charge on any atom is 0.160 e. The van der Waals surface area contributed by atoms with Crippen molar-refractivity contribution >= 4 is 0 Å². The lowest BCUT2D eigenvalue weighted by atomic mass is 10.1. The molecule has 0 aliphatic rings. The van der Waals surface area contributed by atoms with E-state index >= 15 is 0 Å². The van der Waals surface area contributed by atoms with Gasteiger partial charge in [0.2, 0.25) is 0 Å². The van der Waals surface area contributed by atoms with E-state index in [4.69, 9.17) is 14.6 Å². The van der Waals surface area contributed by atoms with Crippen molar-refractivity contribution in [3.8, 4) is 23.0 Å². The summed E-state index contributed by atoms with van der Waals surface area (Å²) in [6.45, 7) is 2.47. The van der Waals surface area contributed by atoms with E-state index in [1.54, 1.807) is 12.1 Å². The van der Waals surface area contributed by atoms with Gasteiger partial charge < -0.3 is 24.8 Å².